The van der Waals surface area contributed by atoms with Crippen LogP contribution in [-0.4, -0.2) is 110 Å². The number of carbonyl (C=O) groups excluding carboxylic acids is 4. The van der Waals surface area contributed by atoms with E-state index in [9.17, 15) is 27.6 Å². The molecule has 8 bridgehead atoms. The van der Waals surface area contributed by atoms with Crippen molar-refractivity contribution in [1.82, 2.24) is 4.90 Å². The first kappa shape index (κ1) is 75.2. The lowest BCUT2D eigenvalue weighted by molar-refractivity contribution is -0.159. The maximum atomic E-state index is 12.5. The zero-order valence-corrected chi connectivity index (χ0v) is 64.9. The number of ether oxygens (including phenoxy) is 2. The topological polar surface area (TPSA) is 136 Å². The fourth-order valence-electron chi connectivity index (χ4n) is 15.3. The van der Waals surface area contributed by atoms with E-state index in [0.717, 1.165) is 44.2 Å². The number of hydrogen-bond donors (Lipinski definition) is 0. The molecule has 10 unspecified atom stereocenters. The largest absolute Gasteiger partial charge is 0.462 e. The summed E-state index contributed by atoms with van der Waals surface area (Å²) in [5.74, 6) is -0.106. The first-order chi connectivity index (χ1) is 44.4. The van der Waals surface area contributed by atoms with Gasteiger partial charge in [0.25, 0.3) is 0 Å². The summed E-state index contributed by atoms with van der Waals surface area (Å²) in [6, 6.07) is 36.7. The zero-order chi connectivity index (χ0) is 69.2. The predicted octanol–water partition coefficient (Wildman–Crippen LogP) is 17.2. The Morgan fingerprint density at radius 3 is 1.14 bits per heavy atom. The summed E-state index contributed by atoms with van der Waals surface area (Å²) in [5, 5.41) is 4.37. The van der Waals surface area contributed by atoms with Gasteiger partial charge in [-0.2, -0.15) is 4.40 Å². The van der Waals surface area contributed by atoms with Gasteiger partial charge in [-0.15, -0.1) is 0 Å². The van der Waals surface area contributed by atoms with Crippen LogP contribution in [0.3, 0.4) is 0 Å². The first-order valence-electron chi connectivity index (χ1n) is 35.7. The molecule has 8 aliphatic heterocycles. The summed E-state index contributed by atoms with van der Waals surface area (Å²) >= 11 is 0. The van der Waals surface area contributed by atoms with Crippen molar-refractivity contribution in [2.24, 2.45) is 9.81 Å². The van der Waals surface area contributed by atoms with E-state index in [1.54, 1.807) is 0 Å². The Balaban J connectivity index is 0.000000149. The molecule has 8 heterocycles. The molecule has 0 saturated carbocycles. The lowest BCUT2D eigenvalue weighted by Gasteiger charge is -2.38. The Morgan fingerprint density at radius 1 is 0.463 bits per heavy atom. The quantitative estimate of drug-likeness (QED) is 0.137. The third kappa shape index (κ3) is 19.7. The molecule has 8 aliphatic rings. The summed E-state index contributed by atoms with van der Waals surface area (Å²) in [6.45, 7) is 35.6. The van der Waals surface area contributed by atoms with Gasteiger partial charge in [0.2, 0.25) is 21.8 Å². The maximum absolute atomic E-state index is 12.5. The van der Waals surface area contributed by atoms with E-state index in [4.69, 9.17) is 9.47 Å². The number of fused-ring (bicyclic) bond motifs is 8. The molecule has 0 radical (unpaired) electrons. The molecule has 95 heavy (non-hydrogen) atoms. The minimum Gasteiger partial charge on any atom is -0.462 e. The second kappa shape index (κ2) is 30.8. The van der Waals surface area contributed by atoms with E-state index in [2.05, 4.69) is 185 Å². The molecule has 10 atom stereocenters. The van der Waals surface area contributed by atoms with Crippen molar-refractivity contribution in [2.45, 2.75) is 316 Å². The number of cyclic esters (lactones) is 1. The Labute approximate surface area is 585 Å². The van der Waals surface area contributed by atoms with Crippen LogP contribution in [0.25, 0.3) is 0 Å². The molecular weight excluding hydrogens is 1280 g/mol. The minimum absolute atomic E-state index is 0.00760. The average molecular weight is 1390 g/mol. The summed E-state index contributed by atoms with van der Waals surface area (Å²) in [5.41, 5.74) is 6.73. The van der Waals surface area contributed by atoms with Crippen LogP contribution >= 0.6 is 0 Å². The van der Waals surface area contributed by atoms with E-state index in [-0.39, 0.29) is 84.2 Å². The van der Waals surface area contributed by atoms with E-state index in [1.807, 2.05) is 20.8 Å². The van der Waals surface area contributed by atoms with E-state index in [0.29, 0.717) is 78.9 Å². The Bertz CT molecular complexity index is 3390. The van der Waals surface area contributed by atoms with Gasteiger partial charge in [0.1, 0.15) is 49.5 Å². The van der Waals surface area contributed by atoms with Crippen LogP contribution in [-0.2, 0) is 104 Å². The molecule has 4 aromatic carbocycles. The second-order valence-corrected chi connectivity index (χ2v) is 45.3. The molecule has 0 aliphatic carbocycles. The number of esters is 2. The fourth-order valence-corrected chi connectivity index (χ4v) is 29.1. The van der Waals surface area contributed by atoms with Crippen molar-refractivity contribution in [3.63, 3.8) is 0 Å². The standard InChI is InChI=1S/C23H35O2S.C20H28NO2S.C19H28NO2S2.C18H25O2S/c1-22(2,3)16-10-12-18(13-11-16)26-19-8-7-9-20(26)15-17(14-19)25-21(24)23(4,5)6;1-14(22)21-13-18-7-5-6-17(12-19(21)23)24(18)16-10-8-15(9-11-16)20(2,3)4;1-19(2,3)14-8-10-16(11-9-14)23-17-6-5-7-18(23)13-15(12-17)20-24(4,21)22;1-18(2,3)13-7-9-14(10-8-13)21-15-5-4-6-16(21)12-20-17(19)11-15/h10-13,17,19-20H,7-9,14-15H2,1-6H3;2*8-11,17-18H,5-7,12-13H2,1-4H3;7-10,15-16H,4-6,11-12H2,1-3H3/q4*+1. The number of carbonyl (C=O) groups is 4. The molecular formula is C80H116N2O8S5+4. The molecule has 12 rings (SSSR count). The van der Waals surface area contributed by atoms with Gasteiger partial charge in [0.05, 0.1) is 31.1 Å². The number of amides is 2. The van der Waals surface area contributed by atoms with Gasteiger partial charge in [-0.05, 0) is 190 Å². The maximum Gasteiger partial charge on any atom is 0.311 e. The number of rotatable bonds is 6. The van der Waals surface area contributed by atoms with Crippen molar-refractivity contribution < 1.29 is 37.1 Å². The molecule has 8 saturated heterocycles. The van der Waals surface area contributed by atoms with Gasteiger partial charge in [0.15, 0.2) is 24.8 Å². The molecule has 4 aromatic rings. The van der Waals surface area contributed by atoms with Crippen molar-refractivity contribution in [3.8, 4) is 0 Å². The third-order valence-electron chi connectivity index (χ3n) is 20.5. The molecule has 2 amide bonds. The highest BCUT2D eigenvalue weighted by Gasteiger charge is 2.53. The number of benzene rings is 4. The summed E-state index contributed by atoms with van der Waals surface area (Å²) in [7, 11) is -2.47. The van der Waals surface area contributed by atoms with E-state index < -0.39 is 15.4 Å². The molecule has 8 fully saturated rings. The minimum atomic E-state index is -3.27. The van der Waals surface area contributed by atoms with Crippen molar-refractivity contribution >= 4 is 83.1 Å². The normalized spacial score (nSPS) is 28.6. The Morgan fingerprint density at radius 2 is 0.779 bits per heavy atom. The van der Waals surface area contributed by atoms with Crippen molar-refractivity contribution in [1.29, 1.82) is 0 Å². The Kier molecular flexibility index (Phi) is 24.4. The van der Waals surface area contributed by atoms with Gasteiger partial charge >= 0.3 is 11.9 Å². The number of imide groups is 1. The smallest absolute Gasteiger partial charge is 0.311 e. The molecule has 10 nitrogen and oxygen atoms in total. The molecule has 0 N–H and O–H groups in total. The first-order valence-corrected chi connectivity index (χ1v) is 42.9. The third-order valence-corrected chi connectivity index (χ3v) is 33.3. The summed E-state index contributed by atoms with van der Waals surface area (Å²) in [4.78, 5) is 55.7. The van der Waals surface area contributed by atoms with Crippen LogP contribution in [0.2, 0.25) is 0 Å². The number of sulfonamides is 1. The van der Waals surface area contributed by atoms with Crippen LogP contribution < -0.4 is 0 Å². The van der Waals surface area contributed by atoms with Gasteiger partial charge in [0, 0.05) is 81.9 Å². The molecule has 15 heteroatoms. The lowest BCUT2D eigenvalue weighted by Crippen LogP contribution is -2.47. The number of nitrogens with zero attached hydrogens (tertiary/aromatic N) is 2. The van der Waals surface area contributed by atoms with Crippen molar-refractivity contribution in [2.75, 3.05) is 19.4 Å². The summed E-state index contributed by atoms with van der Waals surface area (Å²) < 4.78 is 38.4. The Hall–Kier alpha value is -4.02. The molecule has 520 valence electrons. The van der Waals surface area contributed by atoms with Gasteiger partial charge in [-0.25, -0.2) is 8.42 Å². The summed E-state index contributed by atoms with van der Waals surface area (Å²) in [6.07, 6.45) is 20.9. The highest BCUT2D eigenvalue weighted by molar-refractivity contribution is 7.99. The predicted molar refractivity (Wildman–Crippen MR) is 401 cm³/mol. The van der Waals surface area contributed by atoms with Crippen LogP contribution in [0.1, 0.15) is 249 Å². The average Bonchev–Trinajstić information content (AvgIpc) is 1.50. The SMILES string of the molecule is CC(=O)N1CC2CCCC(CC1=O)[S+]2c1ccc(C(C)(C)C)cc1.CC(C)(C)C(=O)OC1CC2CCCC(C1)[S+]2c1ccc(C(C)(C)C)cc1.CC(C)(C)c1ccc([S+]2C3CCCC2CC(=NS(C)(=O)=O)C3)cc1.CC(C)(C)c1ccc([S+]2C3CCCC2CC(=O)OC3)cc1. The monoisotopic (exact) mass is 1390 g/mol. The second-order valence-electron chi connectivity index (χ2n) is 33.4. The highest BCUT2D eigenvalue weighted by Crippen LogP contribution is 2.46. The number of hydrogen-bond acceptors (Lipinski definition) is 8. The van der Waals surface area contributed by atoms with Crippen LogP contribution in [0, 0.1) is 5.41 Å². The lowest BCUT2D eigenvalue weighted by atomic mass is 9.87. The molecule has 0 aromatic heterocycles. The van der Waals surface area contributed by atoms with Crippen LogP contribution in [0.15, 0.2) is 121 Å². The van der Waals surface area contributed by atoms with Crippen LogP contribution in [0.5, 0.6) is 0 Å². The highest BCUT2D eigenvalue weighted by atomic mass is 32.2. The fraction of sp³-hybridized carbons (Fsp3) is 0.637. The van der Waals surface area contributed by atoms with Crippen molar-refractivity contribution in [3.05, 3.63) is 119 Å². The van der Waals surface area contributed by atoms with Crippen LogP contribution in [0.4, 0.5) is 0 Å². The van der Waals surface area contributed by atoms with Gasteiger partial charge in [-0.3, -0.25) is 24.1 Å². The molecule has 0 spiro atoms. The zero-order valence-electron chi connectivity index (χ0n) is 60.8. The van der Waals surface area contributed by atoms with E-state index in [1.165, 1.54) is 124 Å². The van der Waals surface area contributed by atoms with Gasteiger partial charge in [-0.1, -0.05) is 132 Å². The van der Waals surface area contributed by atoms with E-state index >= 15 is 0 Å². The van der Waals surface area contributed by atoms with Gasteiger partial charge < -0.3 is 9.47 Å².